The number of rotatable bonds is 6. The third kappa shape index (κ3) is 3.63. The Hall–Kier alpha value is -1.21. The largest absolute Gasteiger partial charge is 0.370 e. The molecule has 0 aliphatic carbocycles. The molecule has 0 spiro atoms. The van der Waals surface area contributed by atoms with Crippen LogP contribution < -0.4 is 5.32 Å². The molecule has 5 nitrogen and oxygen atoms in total. The van der Waals surface area contributed by atoms with Crippen LogP contribution in [0.5, 0.6) is 0 Å². The van der Waals surface area contributed by atoms with Crippen molar-refractivity contribution in [2.45, 2.75) is 43.0 Å². The summed E-state index contributed by atoms with van der Waals surface area (Å²) in [5.74, 6) is 1.81. The highest BCUT2D eigenvalue weighted by Crippen LogP contribution is 2.32. The zero-order valence-corrected chi connectivity index (χ0v) is 12.9. The zero-order chi connectivity index (χ0) is 13.7. The first-order chi connectivity index (χ1) is 9.24. The summed E-state index contributed by atoms with van der Waals surface area (Å²) in [5.41, 5.74) is 2.80. The van der Waals surface area contributed by atoms with Crippen LogP contribution in [-0.4, -0.2) is 26.7 Å². The van der Waals surface area contributed by atoms with E-state index in [1.165, 1.54) is 11.3 Å². The van der Waals surface area contributed by atoms with Gasteiger partial charge in [-0.1, -0.05) is 18.3 Å². The predicted molar refractivity (Wildman–Crippen MR) is 79.0 cm³/mol. The number of hydrogen-bond acceptors (Lipinski definition) is 7. The summed E-state index contributed by atoms with van der Waals surface area (Å²) in [6.07, 6.45) is 1.93. The Kier molecular flexibility index (Phi) is 5.09. The standard InChI is InChI=1S/C12H17N5S2/c1-4-6-9-15-10(13-5-2)8(3)11(16-9)19-12-17-14-7-18-12/h7H,4-6H2,1-3H3,(H,13,15,16). The fraction of sp³-hybridized carbons (Fsp3) is 0.500. The molecule has 19 heavy (non-hydrogen) atoms. The molecular weight excluding hydrogens is 278 g/mol. The van der Waals surface area contributed by atoms with Crippen LogP contribution >= 0.6 is 23.1 Å². The molecule has 102 valence electrons. The monoisotopic (exact) mass is 295 g/mol. The zero-order valence-electron chi connectivity index (χ0n) is 11.3. The summed E-state index contributed by atoms with van der Waals surface area (Å²) in [7, 11) is 0. The molecule has 0 aliphatic rings. The molecule has 7 heteroatoms. The molecular formula is C12H17N5S2. The van der Waals surface area contributed by atoms with Gasteiger partial charge in [-0.3, -0.25) is 0 Å². The number of anilines is 1. The van der Waals surface area contributed by atoms with Crippen molar-refractivity contribution >= 4 is 28.9 Å². The Morgan fingerprint density at radius 2 is 2.16 bits per heavy atom. The van der Waals surface area contributed by atoms with Gasteiger partial charge in [0.2, 0.25) is 0 Å². The van der Waals surface area contributed by atoms with Gasteiger partial charge >= 0.3 is 0 Å². The Labute approximate surface area is 121 Å². The summed E-state index contributed by atoms with van der Waals surface area (Å²) >= 11 is 3.08. The molecule has 0 fully saturated rings. The molecule has 0 unspecified atom stereocenters. The average molecular weight is 295 g/mol. The summed E-state index contributed by atoms with van der Waals surface area (Å²) in [6, 6.07) is 0. The van der Waals surface area contributed by atoms with Crippen molar-refractivity contribution in [3.05, 3.63) is 16.9 Å². The van der Waals surface area contributed by atoms with Gasteiger partial charge in [0.1, 0.15) is 22.2 Å². The number of nitrogens with one attached hydrogen (secondary N) is 1. The van der Waals surface area contributed by atoms with E-state index in [-0.39, 0.29) is 0 Å². The van der Waals surface area contributed by atoms with Crippen molar-refractivity contribution in [3.63, 3.8) is 0 Å². The van der Waals surface area contributed by atoms with Crippen LogP contribution in [-0.2, 0) is 6.42 Å². The quantitative estimate of drug-likeness (QED) is 0.826. The number of aryl methyl sites for hydroxylation is 1. The smallest absolute Gasteiger partial charge is 0.180 e. The van der Waals surface area contributed by atoms with Gasteiger partial charge in [0.05, 0.1) is 0 Å². The van der Waals surface area contributed by atoms with Crippen molar-refractivity contribution in [1.82, 2.24) is 20.2 Å². The summed E-state index contributed by atoms with van der Waals surface area (Å²) in [5, 5.41) is 12.2. The van der Waals surface area contributed by atoms with Gasteiger partial charge in [-0.25, -0.2) is 9.97 Å². The highest BCUT2D eigenvalue weighted by molar-refractivity contribution is 8.01. The third-order valence-corrected chi connectivity index (χ3v) is 4.36. The average Bonchev–Trinajstić information content (AvgIpc) is 2.88. The maximum Gasteiger partial charge on any atom is 0.180 e. The van der Waals surface area contributed by atoms with Crippen LogP contribution in [0.2, 0.25) is 0 Å². The second-order valence-corrected chi connectivity index (χ2v) is 6.07. The summed E-state index contributed by atoms with van der Waals surface area (Å²) in [4.78, 5) is 9.20. The molecule has 2 heterocycles. The molecule has 0 atom stereocenters. The molecule has 0 saturated carbocycles. The summed E-state index contributed by atoms with van der Waals surface area (Å²) in [6.45, 7) is 7.09. The van der Waals surface area contributed by atoms with Crippen LogP contribution in [0.3, 0.4) is 0 Å². The van der Waals surface area contributed by atoms with E-state index >= 15 is 0 Å². The maximum absolute atomic E-state index is 4.63. The number of nitrogens with zero attached hydrogens (tertiary/aromatic N) is 4. The van der Waals surface area contributed by atoms with E-state index in [4.69, 9.17) is 0 Å². The maximum atomic E-state index is 4.63. The van der Waals surface area contributed by atoms with Crippen molar-refractivity contribution in [1.29, 1.82) is 0 Å². The minimum absolute atomic E-state index is 0.854. The molecule has 0 radical (unpaired) electrons. The molecule has 2 aromatic rings. The number of aromatic nitrogens is 4. The van der Waals surface area contributed by atoms with Crippen LogP contribution in [0, 0.1) is 6.92 Å². The highest BCUT2D eigenvalue weighted by atomic mass is 32.2. The van der Waals surface area contributed by atoms with E-state index in [0.29, 0.717) is 0 Å². The van der Waals surface area contributed by atoms with E-state index in [1.807, 2.05) is 6.92 Å². The van der Waals surface area contributed by atoms with E-state index in [9.17, 15) is 0 Å². The molecule has 0 bridgehead atoms. The SMILES string of the molecule is CCCc1nc(NCC)c(C)c(Sc2nncs2)n1. The van der Waals surface area contributed by atoms with Crippen LogP contribution in [0.4, 0.5) is 5.82 Å². The highest BCUT2D eigenvalue weighted by Gasteiger charge is 2.12. The molecule has 2 rings (SSSR count). The first-order valence-corrected chi connectivity index (χ1v) is 7.99. The van der Waals surface area contributed by atoms with Crippen LogP contribution in [0.25, 0.3) is 0 Å². The Bertz CT molecular complexity index is 527. The minimum atomic E-state index is 0.854. The van der Waals surface area contributed by atoms with Crippen molar-refractivity contribution in [2.75, 3.05) is 11.9 Å². The first kappa shape index (κ1) is 14.2. The lowest BCUT2D eigenvalue weighted by Crippen LogP contribution is -2.07. The Morgan fingerprint density at radius 1 is 1.32 bits per heavy atom. The molecule has 0 amide bonds. The topological polar surface area (TPSA) is 63.6 Å². The van der Waals surface area contributed by atoms with Gasteiger partial charge in [0.25, 0.3) is 0 Å². The Morgan fingerprint density at radius 3 is 2.79 bits per heavy atom. The molecule has 2 aromatic heterocycles. The lowest BCUT2D eigenvalue weighted by atomic mass is 10.3. The van der Waals surface area contributed by atoms with Gasteiger partial charge in [-0.05, 0) is 32.0 Å². The molecule has 0 aromatic carbocycles. The summed E-state index contributed by atoms with van der Waals surface area (Å²) < 4.78 is 0.909. The molecule has 0 aliphatic heterocycles. The van der Waals surface area contributed by atoms with Gasteiger partial charge in [0, 0.05) is 18.5 Å². The van der Waals surface area contributed by atoms with Crippen LogP contribution in [0.15, 0.2) is 14.9 Å². The fourth-order valence-corrected chi connectivity index (χ4v) is 3.10. The van der Waals surface area contributed by atoms with Crippen LogP contribution in [0.1, 0.15) is 31.7 Å². The van der Waals surface area contributed by atoms with Gasteiger partial charge in [-0.15, -0.1) is 10.2 Å². The van der Waals surface area contributed by atoms with Gasteiger partial charge < -0.3 is 5.32 Å². The van der Waals surface area contributed by atoms with Crippen molar-refractivity contribution in [3.8, 4) is 0 Å². The lowest BCUT2D eigenvalue weighted by Gasteiger charge is -2.11. The second-order valence-electron chi connectivity index (χ2n) is 4.01. The number of hydrogen-bond donors (Lipinski definition) is 1. The van der Waals surface area contributed by atoms with Crippen molar-refractivity contribution < 1.29 is 0 Å². The van der Waals surface area contributed by atoms with Crippen molar-refractivity contribution in [2.24, 2.45) is 0 Å². The van der Waals surface area contributed by atoms with E-state index in [2.05, 4.69) is 39.3 Å². The van der Waals surface area contributed by atoms with Gasteiger partial charge in [-0.2, -0.15) is 0 Å². The fourth-order valence-electron chi connectivity index (χ4n) is 1.60. The predicted octanol–water partition coefficient (Wildman–Crippen LogP) is 3.17. The van der Waals surface area contributed by atoms with E-state index in [0.717, 1.165) is 46.0 Å². The lowest BCUT2D eigenvalue weighted by molar-refractivity contribution is 0.801. The van der Waals surface area contributed by atoms with E-state index < -0.39 is 0 Å². The third-order valence-electron chi connectivity index (χ3n) is 2.49. The van der Waals surface area contributed by atoms with Gasteiger partial charge in [0.15, 0.2) is 4.34 Å². The molecule has 0 saturated heterocycles. The normalized spacial score (nSPS) is 10.7. The van der Waals surface area contributed by atoms with E-state index in [1.54, 1.807) is 17.3 Å². The second kappa shape index (κ2) is 6.81. The minimum Gasteiger partial charge on any atom is -0.370 e. The molecule has 1 N–H and O–H groups in total. The first-order valence-electron chi connectivity index (χ1n) is 6.30. The Balaban J connectivity index is 2.33.